The molecule has 0 aromatic heterocycles. The molecule has 2 unspecified atom stereocenters. The predicted octanol–water partition coefficient (Wildman–Crippen LogP) is 7.11. The third kappa shape index (κ3) is 2.84. The zero-order chi connectivity index (χ0) is 17.3. The molecule has 3 fully saturated rings. The van der Waals surface area contributed by atoms with Crippen molar-refractivity contribution in [3.8, 4) is 0 Å². The second-order valence-electron chi connectivity index (χ2n) is 8.76. The Morgan fingerprint density at radius 2 is 1.19 bits per heavy atom. The van der Waals surface area contributed by atoms with Gasteiger partial charge in [0.25, 0.3) is 0 Å². The van der Waals surface area contributed by atoms with Crippen LogP contribution >= 0.6 is 0 Å². The number of fused-ring (bicyclic) bond motifs is 1. The van der Waals surface area contributed by atoms with Crippen LogP contribution in [0.3, 0.4) is 0 Å². The van der Waals surface area contributed by atoms with Crippen molar-refractivity contribution in [2.75, 3.05) is 0 Å². The predicted molar refractivity (Wildman–Crippen MR) is 110 cm³/mol. The number of allylic oxidation sites excluding steroid dienone is 1. The fraction of sp³-hybridized carbons (Fsp3) is 0.462. The number of hydrogen-bond donors (Lipinski definition) is 0. The Hall–Kier alpha value is -1.82. The standard InChI is InChI=1S/C26H30/c1-3-10-19(11-4-1)25(20-12-5-2-6-13-20)24-18-22-16-9-17-23(22)26(24)21-14-7-8-15-21/h1-6,10-13,21-23,26H,7-9,14-18H2/t22?,23-,26?/m0/s1. The van der Waals surface area contributed by atoms with Crippen LogP contribution in [0, 0.1) is 23.7 Å². The summed E-state index contributed by atoms with van der Waals surface area (Å²) in [5.41, 5.74) is 6.23. The van der Waals surface area contributed by atoms with Gasteiger partial charge in [0.2, 0.25) is 0 Å². The molecule has 0 nitrogen and oxygen atoms in total. The highest BCUT2D eigenvalue weighted by Crippen LogP contribution is 2.57. The molecule has 0 bridgehead atoms. The summed E-state index contributed by atoms with van der Waals surface area (Å²) in [5.74, 6) is 3.72. The van der Waals surface area contributed by atoms with E-state index in [1.807, 2.05) is 5.57 Å². The van der Waals surface area contributed by atoms with Gasteiger partial charge in [-0.2, -0.15) is 0 Å². The van der Waals surface area contributed by atoms with E-state index in [0.29, 0.717) is 0 Å². The molecule has 0 saturated heterocycles. The van der Waals surface area contributed by atoms with Crippen LogP contribution in [0.5, 0.6) is 0 Å². The van der Waals surface area contributed by atoms with E-state index in [4.69, 9.17) is 0 Å². The van der Waals surface area contributed by atoms with Crippen molar-refractivity contribution < 1.29 is 0 Å². The summed E-state index contributed by atoms with van der Waals surface area (Å²) < 4.78 is 0. The molecule has 3 atom stereocenters. The molecule has 5 rings (SSSR count). The number of benzene rings is 2. The van der Waals surface area contributed by atoms with Crippen LogP contribution in [0.1, 0.15) is 62.5 Å². The Bertz CT molecular complexity index is 723. The van der Waals surface area contributed by atoms with Gasteiger partial charge in [0, 0.05) is 0 Å². The highest BCUT2D eigenvalue weighted by atomic mass is 14.5. The van der Waals surface area contributed by atoms with Gasteiger partial charge in [0.1, 0.15) is 0 Å². The second-order valence-corrected chi connectivity index (χ2v) is 8.76. The van der Waals surface area contributed by atoms with E-state index >= 15 is 0 Å². The first kappa shape index (κ1) is 16.4. The summed E-state index contributed by atoms with van der Waals surface area (Å²) in [4.78, 5) is 0. The SMILES string of the molecule is c1ccc(C(=C2CC3CCC[C@@H]3C2C2CCCC2)c2ccccc2)cc1. The molecular weight excluding hydrogens is 312 g/mol. The fourth-order valence-corrected chi connectivity index (χ4v) is 6.44. The molecular formula is C26H30. The van der Waals surface area contributed by atoms with Gasteiger partial charge in [-0.15, -0.1) is 0 Å². The number of rotatable bonds is 3. The molecule has 2 aromatic carbocycles. The summed E-state index contributed by atoms with van der Waals surface area (Å²) in [6.45, 7) is 0. The van der Waals surface area contributed by atoms with E-state index in [-0.39, 0.29) is 0 Å². The van der Waals surface area contributed by atoms with Gasteiger partial charge in [-0.1, -0.05) is 85.5 Å². The maximum atomic E-state index is 2.33. The molecule has 134 valence electrons. The zero-order valence-corrected chi connectivity index (χ0v) is 15.7. The van der Waals surface area contributed by atoms with Crippen LogP contribution in [-0.4, -0.2) is 0 Å². The zero-order valence-electron chi connectivity index (χ0n) is 15.7. The summed E-state index contributed by atoms with van der Waals surface area (Å²) >= 11 is 0. The van der Waals surface area contributed by atoms with Crippen molar-refractivity contribution in [1.82, 2.24) is 0 Å². The molecule has 0 spiro atoms. The minimum Gasteiger partial charge on any atom is -0.0622 e. The van der Waals surface area contributed by atoms with Crippen molar-refractivity contribution in [1.29, 1.82) is 0 Å². The highest BCUT2D eigenvalue weighted by Gasteiger charge is 2.46. The topological polar surface area (TPSA) is 0 Å². The Morgan fingerprint density at radius 3 is 1.81 bits per heavy atom. The Kier molecular flexibility index (Phi) is 4.44. The average Bonchev–Trinajstić information content (AvgIpc) is 3.41. The summed E-state index contributed by atoms with van der Waals surface area (Å²) in [6, 6.07) is 22.4. The lowest BCUT2D eigenvalue weighted by molar-refractivity contribution is 0.275. The lowest BCUT2D eigenvalue weighted by Crippen LogP contribution is -2.19. The summed E-state index contributed by atoms with van der Waals surface area (Å²) in [6.07, 6.45) is 11.6. The van der Waals surface area contributed by atoms with E-state index in [1.165, 1.54) is 62.5 Å². The first-order valence-corrected chi connectivity index (χ1v) is 10.8. The van der Waals surface area contributed by atoms with E-state index in [2.05, 4.69) is 60.7 Å². The minimum absolute atomic E-state index is 0.848. The first-order chi connectivity index (χ1) is 12.9. The van der Waals surface area contributed by atoms with Gasteiger partial charge in [-0.3, -0.25) is 0 Å². The average molecular weight is 343 g/mol. The highest BCUT2D eigenvalue weighted by molar-refractivity contribution is 5.82. The van der Waals surface area contributed by atoms with Crippen LogP contribution < -0.4 is 0 Å². The normalized spacial score (nSPS) is 28.5. The third-order valence-electron chi connectivity index (χ3n) is 7.42. The van der Waals surface area contributed by atoms with E-state index < -0.39 is 0 Å². The molecule has 0 heteroatoms. The van der Waals surface area contributed by atoms with Crippen LogP contribution in [-0.2, 0) is 0 Å². The van der Waals surface area contributed by atoms with Gasteiger partial charge in [0.15, 0.2) is 0 Å². The van der Waals surface area contributed by atoms with Gasteiger partial charge in [0.05, 0.1) is 0 Å². The molecule has 3 aliphatic rings. The Balaban J connectivity index is 1.68. The lowest BCUT2D eigenvalue weighted by Gasteiger charge is -2.28. The van der Waals surface area contributed by atoms with Gasteiger partial charge >= 0.3 is 0 Å². The van der Waals surface area contributed by atoms with Crippen LogP contribution in [0.2, 0.25) is 0 Å². The van der Waals surface area contributed by atoms with Crippen LogP contribution in [0.25, 0.3) is 5.57 Å². The minimum atomic E-state index is 0.848. The van der Waals surface area contributed by atoms with Gasteiger partial charge < -0.3 is 0 Å². The molecule has 3 saturated carbocycles. The lowest BCUT2D eigenvalue weighted by atomic mass is 9.76. The molecule has 0 amide bonds. The molecule has 0 radical (unpaired) electrons. The summed E-state index contributed by atoms with van der Waals surface area (Å²) in [7, 11) is 0. The summed E-state index contributed by atoms with van der Waals surface area (Å²) in [5, 5.41) is 0. The fourth-order valence-electron chi connectivity index (χ4n) is 6.44. The Morgan fingerprint density at radius 1 is 0.615 bits per heavy atom. The van der Waals surface area contributed by atoms with Crippen molar-refractivity contribution >= 4 is 5.57 Å². The van der Waals surface area contributed by atoms with Crippen molar-refractivity contribution in [3.63, 3.8) is 0 Å². The molecule has 0 aliphatic heterocycles. The van der Waals surface area contributed by atoms with Gasteiger partial charge in [-0.25, -0.2) is 0 Å². The van der Waals surface area contributed by atoms with Crippen LogP contribution in [0.4, 0.5) is 0 Å². The Labute approximate surface area is 158 Å². The molecule has 0 N–H and O–H groups in total. The van der Waals surface area contributed by atoms with Crippen molar-refractivity contribution in [2.45, 2.75) is 51.4 Å². The van der Waals surface area contributed by atoms with E-state index in [0.717, 1.165) is 23.7 Å². The monoisotopic (exact) mass is 342 g/mol. The maximum Gasteiger partial charge on any atom is -0.0116 e. The largest absolute Gasteiger partial charge is 0.0622 e. The quantitative estimate of drug-likeness (QED) is 0.557. The van der Waals surface area contributed by atoms with E-state index in [1.54, 1.807) is 5.57 Å². The first-order valence-electron chi connectivity index (χ1n) is 10.8. The molecule has 0 heterocycles. The second kappa shape index (κ2) is 7.06. The van der Waals surface area contributed by atoms with Gasteiger partial charge in [-0.05, 0) is 72.5 Å². The van der Waals surface area contributed by atoms with E-state index in [9.17, 15) is 0 Å². The number of hydrogen-bond acceptors (Lipinski definition) is 0. The molecule has 2 aromatic rings. The van der Waals surface area contributed by atoms with Crippen molar-refractivity contribution in [2.24, 2.45) is 23.7 Å². The van der Waals surface area contributed by atoms with Crippen molar-refractivity contribution in [3.05, 3.63) is 77.4 Å². The molecule has 3 aliphatic carbocycles. The maximum absolute atomic E-state index is 2.33. The third-order valence-corrected chi connectivity index (χ3v) is 7.42. The smallest absolute Gasteiger partial charge is 0.0116 e. The van der Waals surface area contributed by atoms with Crippen LogP contribution in [0.15, 0.2) is 66.2 Å². The molecule has 26 heavy (non-hydrogen) atoms.